The summed E-state index contributed by atoms with van der Waals surface area (Å²) >= 11 is 1.77. The van der Waals surface area contributed by atoms with Crippen LogP contribution in [0.3, 0.4) is 0 Å². The molecule has 0 heterocycles. The van der Waals surface area contributed by atoms with Crippen molar-refractivity contribution in [2.45, 2.75) is 46.6 Å². The molecule has 4 heteroatoms. The first-order chi connectivity index (χ1) is 14.9. The number of allylic oxidation sites excluding steroid dienone is 5. The maximum Gasteiger partial charge on any atom is 0.344 e. The van der Waals surface area contributed by atoms with Gasteiger partial charge >= 0.3 is 5.97 Å². The van der Waals surface area contributed by atoms with Crippen molar-refractivity contribution in [1.82, 2.24) is 0 Å². The molecule has 2 aromatic carbocycles. The molecule has 2 aromatic rings. The molecule has 3 rings (SSSR count). The summed E-state index contributed by atoms with van der Waals surface area (Å²) in [6.45, 7) is 8.33. The maximum atomic E-state index is 11.8. The van der Waals surface area contributed by atoms with Crippen molar-refractivity contribution in [3.63, 3.8) is 0 Å². The second-order valence-corrected chi connectivity index (χ2v) is 9.05. The Morgan fingerprint density at radius 1 is 1.19 bits per heavy atom. The molecule has 0 bridgehead atoms. The number of carbonyl (C=O) groups is 1. The summed E-state index contributed by atoms with van der Waals surface area (Å²) in [5.41, 5.74) is 4.63. The molecule has 2 atom stereocenters. The number of aryl methyl sites for hydroxylation is 3. The predicted molar refractivity (Wildman–Crippen MR) is 130 cm³/mol. The van der Waals surface area contributed by atoms with E-state index >= 15 is 0 Å². The second kappa shape index (κ2) is 10.5. The Balaban J connectivity index is 1.64. The van der Waals surface area contributed by atoms with Crippen molar-refractivity contribution in [2.24, 2.45) is 5.92 Å². The normalized spacial score (nSPS) is 16.8. The lowest BCUT2D eigenvalue weighted by Crippen LogP contribution is -2.27. The Morgan fingerprint density at radius 3 is 2.55 bits per heavy atom. The largest absolute Gasteiger partial charge is 0.479 e. The van der Waals surface area contributed by atoms with E-state index < -0.39 is 12.1 Å². The number of benzene rings is 2. The Bertz CT molecular complexity index is 1020. The summed E-state index contributed by atoms with van der Waals surface area (Å²) in [4.78, 5) is 14.3. The van der Waals surface area contributed by atoms with Crippen LogP contribution in [0.15, 0.2) is 71.7 Å². The zero-order chi connectivity index (χ0) is 22.4. The highest BCUT2D eigenvalue weighted by atomic mass is 32.2. The highest BCUT2D eigenvalue weighted by Gasteiger charge is 2.20. The Hall–Kier alpha value is -2.72. The van der Waals surface area contributed by atoms with Gasteiger partial charge in [0.2, 0.25) is 0 Å². The van der Waals surface area contributed by atoms with Crippen LogP contribution in [0.1, 0.15) is 42.5 Å². The van der Waals surface area contributed by atoms with Crippen LogP contribution < -0.4 is 4.74 Å². The zero-order valence-corrected chi connectivity index (χ0v) is 19.4. The number of hydrogen-bond donors (Lipinski definition) is 1. The van der Waals surface area contributed by atoms with Gasteiger partial charge in [0.15, 0.2) is 6.10 Å². The average molecular weight is 435 g/mol. The second-order valence-electron chi connectivity index (χ2n) is 7.94. The number of carboxylic acid groups (broad SMARTS) is 1. The minimum atomic E-state index is -0.936. The molecular formula is C27H30O3S. The van der Waals surface area contributed by atoms with Gasteiger partial charge in [0, 0.05) is 10.8 Å². The number of ether oxygens (including phenoxy) is 1. The molecule has 0 amide bonds. The topological polar surface area (TPSA) is 46.5 Å². The zero-order valence-electron chi connectivity index (χ0n) is 18.6. The van der Waals surface area contributed by atoms with E-state index in [0.717, 1.165) is 5.56 Å². The Morgan fingerprint density at radius 2 is 1.94 bits per heavy atom. The van der Waals surface area contributed by atoms with Gasteiger partial charge in [-0.3, -0.25) is 0 Å². The minimum absolute atomic E-state index is 0.427. The average Bonchev–Trinajstić information content (AvgIpc) is 3.16. The third-order valence-electron chi connectivity index (χ3n) is 5.47. The molecule has 1 N–H and O–H groups in total. The summed E-state index contributed by atoms with van der Waals surface area (Å²) in [7, 11) is 0. The third-order valence-corrected chi connectivity index (χ3v) is 6.91. The van der Waals surface area contributed by atoms with Gasteiger partial charge in [0.25, 0.3) is 0 Å². The SMILES string of the molecule is C/C=C(\SC1=CC=CC1C)c1ccc(OC(CCc2cc(C)ccc2C)C(=O)O)cc1. The van der Waals surface area contributed by atoms with Crippen LogP contribution in [0, 0.1) is 19.8 Å². The van der Waals surface area contributed by atoms with Gasteiger partial charge < -0.3 is 9.84 Å². The molecule has 0 spiro atoms. The molecule has 1 aliphatic rings. The van der Waals surface area contributed by atoms with Crippen LogP contribution in [-0.2, 0) is 11.2 Å². The summed E-state index contributed by atoms with van der Waals surface area (Å²) < 4.78 is 5.84. The summed E-state index contributed by atoms with van der Waals surface area (Å²) in [6.07, 6.45) is 8.77. The summed E-state index contributed by atoms with van der Waals surface area (Å²) in [6, 6.07) is 14.0. The van der Waals surface area contributed by atoms with E-state index in [1.54, 1.807) is 11.8 Å². The number of hydrogen-bond acceptors (Lipinski definition) is 3. The van der Waals surface area contributed by atoms with Crippen molar-refractivity contribution < 1.29 is 14.6 Å². The molecule has 0 radical (unpaired) electrons. The van der Waals surface area contributed by atoms with Crippen LogP contribution >= 0.6 is 11.8 Å². The first-order valence-corrected chi connectivity index (χ1v) is 11.5. The van der Waals surface area contributed by atoms with Crippen LogP contribution in [-0.4, -0.2) is 17.2 Å². The molecule has 2 unspecified atom stereocenters. The Labute approximate surface area is 189 Å². The van der Waals surface area contributed by atoms with Gasteiger partial charge in [-0.1, -0.05) is 78.9 Å². The van der Waals surface area contributed by atoms with Crippen LogP contribution in [0.25, 0.3) is 4.91 Å². The van der Waals surface area contributed by atoms with E-state index in [4.69, 9.17) is 4.74 Å². The van der Waals surface area contributed by atoms with Gasteiger partial charge in [-0.15, -0.1) is 0 Å². The molecule has 0 saturated carbocycles. The smallest absolute Gasteiger partial charge is 0.344 e. The first kappa shape index (κ1) is 23.0. The number of aliphatic carboxylic acids is 1. The number of thioether (sulfide) groups is 1. The molecule has 3 nitrogen and oxygen atoms in total. The fraction of sp³-hybridized carbons (Fsp3) is 0.296. The van der Waals surface area contributed by atoms with E-state index in [0.29, 0.717) is 24.5 Å². The van der Waals surface area contributed by atoms with Gasteiger partial charge in [0.05, 0.1) is 0 Å². The quantitative estimate of drug-likeness (QED) is 0.464. The predicted octanol–water partition coefficient (Wildman–Crippen LogP) is 6.95. The molecule has 162 valence electrons. The molecule has 0 aromatic heterocycles. The highest BCUT2D eigenvalue weighted by molar-refractivity contribution is 8.11. The van der Waals surface area contributed by atoms with Crippen LogP contribution in [0.2, 0.25) is 0 Å². The monoisotopic (exact) mass is 434 g/mol. The van der Waals surface area contributed by atoms with Crippen molar-refractivity contribution in [3.8, 4) is 5.75 Å². The standard InChI is InChI=1S/C27H30O3S/c1-5-25(31-26-8-6-7-20(26)4)21-11-14-23(15-12-21)30-24(27(28)29)16-13-22-17-18(2)9-10-19(22)3/h5-12,14-15,17,20,24H,13,16H2,1-4H3,(H,28,29)/b25-5-. The summed E-state index contributed by atoms with van der Waals surface area (Å²) in [5, 5.41) is 9.65. The molecular weight excluding hydrogens is 404 g/mol. The lowest BCUT2D eigenvalue weighted by Gasteiger charge is -2.17. The van der Waals surface area contributed by atoms with Gasteiger partial charge in [-0.05, 0) is 67.3 Å². The van der Waals surface area contributed by atoms with E-state index in [1.807, 2.05) is 38.1 Å². The van der Waals surface area contributed by atoms with Crippen molar-refractivity contribution in [1.29, 1.82) is 0 Å². The third kappa shape index (κ3) is 6.14. The van der Waals surface area contributed by atoms with E-state index in [9.17, 15) is 9.90 Å². The van der Waals surface area contributed by atoms with E-state index in [2.05, 4.69) is 56.4 Å². The highest BCUT2D eigenvalue weighted by Crippen LogP contribution is 2.40. The van der Waals surface area contributed by atoms with Crippen LogP contribution in [0.4, 0.5) is 0 Å². The van der Waals surface area contributed by atoms with Gasteiger partial charge in [-0.25, -0.2) is 4.79 Å². The number of carboxylic acids is 1. The lowest BCUT2D eigenvalue weighted by molar-refractivity contribution is -0.145. The fourth-order valence-corrected chi connectivity index (χ4v) is 4.59. The lowest BCUT2D eigenvalue weighted by atomic mass is 10.00. The van der Waals surface area contributed by atoms with E-state index in [-0.39, 0.29) is 0 Å². The molecule has 0 fully saturated rings. The molecule has 31 heavy (non-hydrogen) atoms. The van der Waals surface area contributed by atoms with Gasteiger partial charge in [0.1, 0.15) is 5.75 Å². The van der Waals surface area contributed by atoms with Crippen molar-refractivity contribution >= 4 is 22.6 Å². The van der Waals surface area contributed by atoms with Crippen LogP contribution in [0.5, 0.6) is 5.75 Å². The van der Waals surface area contributed by atoms with E-state index in [1.165, 1.54) is 26.5 Å². The van der Waals surface area contributed by atoms with Crippen molar-refractivity contribution in [3.05, 3.63) is 93.9 Å². The number of rotatable bonds is 9. The molecule has 1 aliphatic carbocycles. The Kier molecular flexibility index (Phi) is 7.80. The van der Waals surface area contributed by atoms with Gasteiger partial charge in [-0.2, -0.15) is 0 Å². The maximum absolute atomic E-state index is 11.8. The fourth-order valence-electron chi connectivity index (χ4n) is 3.55. The molecule has 0 saturated heterocycles. The first-order valence-electron chi connectivity index (χ1n) is 10.7. The summed E-state index contributed by atoms with van der Waals surface area (Å²) in [5.74, 6) is 0.0809. The molecule has 0 aliphatic heterocycles. The van der Waals surface area contributed by atoms with Crippen molar-refractivity contribution in [2.75, 3.05) is 0 Å². The minimum Gasteiger partial charge on any atom is -0.479 e.